The van der Waals surface area contributed by atoms with Crippen LogP contribution in [-0.2, 0) is 4.74 Å². The molecule has 0 fully saturated rings. The quantitative estimate of drug-likeness (QED) is 0.601. The lowest BCUT2D eigenvalue weighted by molar-refractivity contribution is -0.183. The van der Waals surface area contributed by atoms with Gasteiger partial charge in [-0.1, -0.05) is 0 Å². The number of aromatic amines is 1. The van der Waals surface area contributed by atoms with Crippen LogP contribution in [0.2, 0.25) is 0 Å². The van der Waals surface area contributed by atoms with E-state index in [1.54, 1.807) is 17.2 Å². The van der Waals surface area contributed by atoms with E-state index in [0.717, 1.165) is 0 Å². The molecule has 6 nitrogen and oxygen atoms in total. The van der Waals surface area contributed by atoms with Crippen molar-refractivity contribution in [2.75, 3.05) is 24.6 Å². The van der Waals surface area contributed by atoms with Crippen LogP contribution in [0, 0.1) is 0 Å². The summed E-state index contributed by atoms with van der Waals surface area (Å²) in [5.41, 5.74) is 5.66. The summed E-state index contributed by atoms with van der Waals surface area (Å²) in [5, 5.41) is 2.57. The van der Waals surface area contributed by atoms with Crippen molar-refractivity contribution < 1.29 is 22.7 Å². The Labute approximate surface area is 124 Å². The Morgan fingerprint density at radius 1 is 1.52 bits per heavy atom. The van der Waals surface area contributed by atoms with Gasteiger partial charge in [-0.05, 0) is 6.07 Å². The number of ether oxygens (including phenoxy) is 1. The predicted octanol–water partition coefficient (Wildman–Crippen LogP) is 0.684. The van der Waals surface area contributed by atoms with Crippen molar-refractivity contribution in [1.82, 2.24) is 10.3 Å². The van der Waals surface area contributed by atoms with Crippen LogP contribution < -0.4 is 16.0 Å². The van der Waals surface area contributed by atoms with Crippen LogP contribution in [-0.4, -0.2) is 48.4 Å². The largest absolute Gasteiger partial charge is 0.411 e. The molecular weight excluding hydrogens is 309 g/mol. The molecule has 21 heavy (non-hydrogen) atoms. The highest BCUT2D eigenvalue weighted by Crippen LogP contribution is 2.27. The van der Waals surface area contributed by atoms with Crippen molar-refractivity contribution in [1.29, 1.82) is 0 Å². The molecule has 2 unspecified atom stereocenters. The van der Waals surface area contributed by atoms with Gasteiger partial charge in [0.1, 0.15) is 17.8 Å². The highest BCUT2D eigenvalue weighted by molar-refractivity contribution is 7.81. The molecule has 1 aliphatic rings. The van der Waals surface area contributed by atoms with Gasteiger partial charge in [0, 0.05) is 19.3 Å². The second-order valence-corrected chi connectivity index (χ2v) is 5.01. The SMILES string of the molecule is NCC(CN1c2cc[nH]c2C(=O)NC1S)OCC(F)(F)F. The van der Waals surface area contributed by atoms with E-state index in [9.17, 15) is 18.0 Å². The molecule has 2 heterocycles. The minimum atomic E-state index is -4.41. The Morgan fingerprint density at radius 2 is 2.24 bits per heavy atom. The average molecular weight is 324 g/mol. The lowest BCUT2D eigenvalue weighted by Crippen LogP contribution is -2.53. The molecule has 1 aromatic rings. The molecule has 0 aromatic carbocycles. The summed E-state index contributed by atoms with van der Waals surface area (Å²) in [6, 6.07) is 1.65. The van der Waals surface area contributed by atoms with Crippen molar-refractivity contribution >= 4 is 24.2 Å². The Morgan fingerprint density at radius 3 is 2.86 bits per heavy atom. The monoisotopic (exact) mass is 324 g/mol. The van der Waals surface area contributed by atoms with E-state index >= 15 is 0 Å². The molecule has 10 heteroatoms. The Balaban J connectivity index is 2.07. The van der Waals surface area contributed by atoms with Crippen LogP contribution >= 0.6 is 12.6 Å². The number of amides is 1. The number of nitrogens with one attached hydrogen (secondary N) is 2. The number of fused-ring (bicyclic) bond motifs is 1. The first-order valence-electron chi connectivity index (χ1n) is 6.13. The van der Waals surface area contributed by atoms with Crippen molar-refractivity contribution in [2.24, 2.45) is 5.73 Å². The lowest BCUT2D eigenvalue weighted by atomic mass is 10.2. The van der Waals surface area contributed by atoms with Gasteiger partial charge in [0.15, 0.2) is 0 Å². The summed E-state index contributed by atoms with van der Waals surface area (Å²) in [7, 11) is 0. The molecule has 0 saturated heterocycles. The first kappa shape index (κ1) is 16.0. The minimum Gasteiger partial charge on any atom is -0.366 e. The maximum atomic E-state index is 12.2. The zero-order valence-corrected chi connectivity index (χ0v) is 11.7. The topological polar surface area (TPSA) is 83.4 Å². The van der Waals surface area contributed by atoms with E-state index in [1.165, 1.54) is 0 Å². The molecule has 1 aliphatic heterocycles. The second kappa shape index (κ2) is 6.16. The number of anilines is 1. The maximum absolute atomic E-state index is 12.2. The summed E-state index contributed by atoms with van der Waals surface area (Å²) in [5.74, 6) is -0.327. The Kier molecular flexibility index (Phi) is 4.69. The number of carbonyl (C=O) groups is 1. The van der Waals surface area contributed by atoms with Gasteiger partial charge in [-0.25, -0.2) is 0 Å². The van der Waals surface area contributed by atoms with E-state index in [4.69, 9.17) is 10.5 Å². The Bertz CT molecular complexity index is 508. The fraction of sp³-hybridized carbons (Fsp3) is 0.545. The smallest absolute Gasteiger partial charge is 0.366 e. The fourth-order valence-electron chi connectivity index (χ4n) is 2.01. The van der Waals surface area contributed by atoms with E-state index in [2.05, 4.69) is 22.9 Å². The van der Waals surface area contributed by atoms with Crippen LogP contribution in [0.1, 0.15) is 10.5 Å². The van der Waals surface area contributed by atoms with E-state index in [0.29, 0.717) is 11.4 Å². The molecular formula is C11H15F3N4O2S. The molecule has 2 rings (SSSR count). The number of hydrogen-bond acceptors (Lipinski definition) is 5. The van der Waals surface area contributed by atoms with E-state index < -0.39 is 24.4 Å². The first-order valence-corrected chi connectivity index (χ1v) is 6.65. The number of halogens is 3. The van der Waals surface area contributed by atoms with Crippen LogP contribution in [0.4, 0.5) is 18.9 Å². The molecule has 2 atom stereocenters. The number of alkyl halides is 3. The zero-order chi connectivity index (χ0) is 15.6. The molecule has 1 aromatic heterocycles. The standard InChI is InChI=1S/C11H15F3N4O2S/c12-11(13,14)5-20-6(3-15)4-18-7-1-2-16-8(7)9(19)17-10(18)21/h1-2,6,10,16,21H,3-5,15H2,(H,17,19). The number of nitrogens with two attached hydrogens (primary N) is 1. The third kappa shape index (κ3) is 3.83. The number of H-pyrrole nitrogens is 1. The van der Waals surface area contributed by atoms with Gasteiger partial charge < -0.3 is 25.7 Å². The van der Waals surface area contributed by atoms with Gasteiger partial charge in [0.2, 0.25) is 0 Å². The van der Waals surface area contributed by atoms with Gasteiger partial charge in [-0.2, -0.15) is 13.2 Å². The van der Waals surface area contributed by atoms with Gasteiger partial charge >= 0.3 is 6.18 Å². The van der Waals surface area contributed by atoms with Crippen molar-refractivity contribution in [3.63, 3.8) is 0 Å². The molecule has 1 amide bonds. The molecule has 0 radical (unpaired) electrons. The molecule has 0 aliphatic carbocycles. The fourth-order valence-corrected chi connectivity index (χ4v) is 2.34. The summed E-state index contributed by atoms with van der Waals surface area (Å²) < 4.78 is 41.4. The number of aromatic nitrogens is 1. The van der Waals surface area contributed by atoms with Crippen LogP contribution in [0.25, 0.3) is 0 Å². The highest BCUT2D eigenvalue weighted by Gasteiger charge is 2.33. The summed E-state index contributed by atoms with van der Waals surface area (Å²) in [6.07, 6.45) is -3.68. The summed E-state index contributed by atoms with van der Waals surface area (Å²) in [6.45, 7) is -1.38. The van der Waals surface area contributed by atoms with Gasteiger partial charge in [-0.3, -0.25) is 4.79 Å². The van der Waals surface area contributed by atoms with E-state index in [-0.39, 0.29) is 19.0 Å². The number of nitrogens with zero attached hydrogens (tertiary/aromatic N) is 1. The first-order chi connectivity index (χ1) is 9.81. The van der Waals surface area contributed by atoms with Crippen molar-refractivity contribution in [3.05, 3.63) is 18.0 Å². The number of hydrogen-bond donors (Lipinski definition) is 4. The molecule has 0 spiro atoms. The number of rotatable bonds is 5. The zero-order valence-electron chi connectivity index (χ0n) is 10.9. The van der Waals surface area contributed by atoms with E-state index in [1.807, 2.05) is 0 Å². The lowest BCUT2D eigenvalue weighted by Gasteiger charge is -2.36. The second-order valence-electron chi connectivity index (χ2n) is 4.52. The van der Waals surface area contributed by atoms with Crippen LogP contribution in [0.3, 0.4) is 0 Å². The highest BCUT2D eigenvalue weighted by atomic mass is 32.1. The maximum Gasteiger partial charge on any atom is 0.411 e. The Hall–Kier alpha value is -1.39. The average Bonchev–Trinajstić information content (AvgIpc) is 2.86. The van der Waals surface area contributed by atoms with Crippen LogP contribution in [0.5, 0.6) is 0 Å². The molecule has 118 valence electrons. The number of thiol groups is 1. The molecule has 0 saturated carbocycles. The minimum absolute atomic E-state index is 0.0753. The summed E-state index contributed by atoms with van der Waals surface area (Å²) >= 11 is 4.22. The van der Waals surface area contributed by atoms with Crippen molar-refractivity contribution in [2.45, 2.75) is 17.8 Å². The number of carbonyl (C=O) groups excluding carboxylic acids is 1. The van der Waals surface area contributed by atoms with Gasteiger partial charge in [-0.15, -0.1) is 12.6 Å². The third-order valence-electron chi connectivity index (χ3n) is 2.96. The predicted molar refractivity (Wildman–Crippen MR) is 73.2 cm³/mol. The van der Waals surface area contributed by atoms with Crippen LogP contribution in [0.15, 0.2) is 12.3 Å². The summed E-state index contributed by atoms with van der Waals surface area (Å²) in [4.78, 5) is 16.1. The van der Waals surface area contributed by atoms with Crippen molar-refractivity contribution in [3.8, 4) is 0 Å². The molecule has 4 N–H and O–H groups in total. The van der Waals surface area contributed by atoms with Gasteiger partial charge in [0.05, 0.1) is 11.8 Å². The molecule has 0 bridgehead atoms. The third-order valence-corrected chi connectivity index (χ3v) is 3.37. The normalized spacial score (nSPS) is 20.1. The van der Waals surface area contributed by atoms with Gasteiger partial charge in [0.25, 0.3) is 5.91 Å².